The number of carbonyl (C=O) groups excluding carboxylic acids is 1. The lowest BCUT2D eigenvalue weighted by atomic mass is 10.1. The highest BCUT2D eigenvalue weighted by atomic mass is 79.9. The summed E-state index contributed by atoms with van der Waals surface area (Å²) in [7, 11) is 1.36. The van der Waals surface area contributed by atoms with Gasteiger partial charge in [0.05, 0.1) is 36.5 Å². The van der Waals surface area contributed by atoms with Crippen LogP contribution >= 0.6 is 15.9 Å². The molecule has 0 atom stereocenters. The first kappa shape index (κ1) is 19.4. The molecule has 142 valence electrons. The van der Waals surface area contributed by atoms with Gasteiger partial charge in [-0.2, -0.15) is 5.10 Å². The van der Waals surface area contributed by atoms with Crippen LogP contribution in [0.4, 0.5) is 0 Å². The van der Waals surface area contributed by atoms with Crippen molar-refractivity contribution in [3.63, 3.8) is 0 Å². The fourth-order valence-electron chi connectivity index (χ4n) is 2.69. The summed E-state index contributed by atoms with van der Waals surface area (Å²) in [5.74, 6) is 0.314. The SMILES string of the molecule is COC(=O)c1ccc2c(cnn2Cc2cc(Br)ccc2OCC(C)(C)O)c1. The molecule has 0 unspecified atom stereocenters. The standard InChI is InChI=1S/C20H21BrN2O4/c1-20(2,25)12-27-18-7-5-16(21)9-15(18)11-23-17-6-4-13(19(24)26-3)8-14(17)10-22-23/h4-10,25H,11-12H2,1-3H3. The zero-order chi connectivity index (χ0) is 19.6. The predicted molar refractivity (Wildman–Crippen MR) is 106 cm³/mol. The minimum absolute atomic E-state index is 0.185. The molecule has 1 N–H and O–H groups in total. The van der Waals surface area contributed by atoms with E-state index in [4.69, 9.17) is 9.47 Å². The zero-order valence-electron chi connectivity index (χ0n) is 15.4. The van der Waals surface area contributed by atoms with Crippen molar-refractivity contribution in [3.8, 4) is 5.75 Å². The number of carbonyl (C=O) groups is 1. The van der Waals surface area contributed by atoms with Crippen LogP contribution in [0.25, 0.3) is 10.9 Å². The summed E-state index contributed by atoms with van der Waals surface area (Å²) in [6, 6.07) is 11.1. The fraction of sp³-hybridized carbons (Fsp3) is 0.300. The van der Waals surface area contributed by atoms with Gasteiger partial charge in [-0.3, -0.25) is 4.68 Å². The molecule has 0 saturated carbocycles. The molecular formula is C20H21BrN2O4. The van der Waals surface area contributed by atoms with Crippen molar-refractivity contribution in [1.29, 1.82) is 0 Å². The molecule has 0 radical (unpaired) electrons. The summed E-state index contributed by atoms with van der Waals surface area (Å²) in [6.45, 7) is 4.07. The fourth-order valence-corrected chi connectivity index (χ4v) is 3.09. The van der Waals surface area contributed by atoms with Gasteiger partial charge in [-0.05, 0) is 50.2 Å². The third-order valence-corrected chi connectivity index (χ3v) is 4.48. The van der Waals surface area contributed by atoms with Crippen LogP contribution in [0.15, 0.2) is 47.1 Å². The first-order chi connectivity index (χ1) is 12.8. The highest BCUT2D eigenvalue weighted by Gasteiger charge is 2.16. The van der Waals surface area contributed by atoms with Crippen LogP contribution in [0, 0.1) is 0 Å². The molecule has 2 aromatic carbocycles. The van der Waals surface area contributed by atoms with Crippen molar-refractivity contribution in [1.82, 2.24) is 9.78 Å². The maximum absolute atomic E-state index is 11.7. The number of methoxy groups -OCH3 is 1. The number of ether oxygens (including phenoxy) is 2. The second kappa shape index (κ2) is 7.70. The second-order valence-corrected chi connectivity index (χ2v) is 7.84. The summed E-state index contributed by atoms with van der Waals surface area (Å²) >= 11 is 3.49. The van der Waals surface area contributed by atoms with Crippen molar-refractivity contribution >= 4 is 32.8 Å². The van der Waals surface area contributed by atoms with Crippen molar-refractivity contribution < 1.29 is 19.4 Å². The second-order valence-electron chi connectivity index (χ2n) is 6.92. The number of hydrogen-bond acceptors (Lipinski definition) is 5. The van der Waals surface area contributed by atoms with Gasteiger partial charge in [0.15, 0.2) is 0 Å². The molecule has 3 rings (SSSR count). The van der Waals surface area contributed by atoms with Crippen LogP contribution in [0.2, 0.25) is 0 Å². The van der Waals surface area contributed by atoms with E-state index in [0.717, 1.165) is 20.9 Å². The van der Waals surface area contributed by atoms with E-state index in [1.54, 1.807) is 32.2 Å². The quantitative estimate of drug-likeness (QED) is 0.599. The number of aliphatic hydroxyl groups is 1. The first-order valence-corrected chi connectivity index (χ1v) is 9.23. The Morgan fingerprint density at radius 2 is 2.04 bits per heavy atom. The normalized spacial score (nSPS) is 11.6. The van der Waals surface area contributed by atoms with Gasteiger partial charge in [-0.15, -0.1) is 0 Å². The van der Waals surface area contributed by atoms with Crippen LogP contribution in [-0.2, 0) is 11.3 Å². The number of halogens is 1. The zero-order valence-corrected chi connectivity index (χ0v) is 17.0. The van der Waals surface area contributed by atoms with Crippen molar-refractivity contribution in [2.45, 2.75) is 26.0 Å². The number of fused-ring (bicyclic) bond motifs is 1. The Hall–Kier alpha value is -2.38. The number of rotatable bonds is 6. The maximum Gasteiger partial charge on any atom is 0.337 e. The van der Waals surface area contributed by atoms with Gasteiger partial charge in [0, 0.05) is 15.4 Å². The lowest BCUT2D eigenvalue weighted by Crippen LogP contribution is -2.28. The summed E-state index contributed by atoms with van der Waals surface area (Å²) in [6.07, 6.45) is 1.72. The molecule has 1 aromatic heterocycles. The van der Waals surface area contributed by atoms with Gasteiger partial charge in [0.1, 0.15) is 12.4 Å². The summed E-state index contributed by atoms with van der Waals surface area (Å²) in [5, 5.41) is 15.2. The van der Waals surface area contributed by atoms with E-state index in [1.165, 1.54) is 7.11 Å². The van der Waals surface area contributed by atoms with E-state index in [0.29, 0.717) is 17.9 Å². The highest BCUT2D eigenvalue weighted by Crippen LogP contribution is 2.26. The van der Waals surface area contributed by atoms with E-state index >= 15 is 0 Å². The highest BCUT2D eigenvalue weighted by molar-refractivity contribution is 9.10. The monoisotopic (exact) mass is 432 g/mol. The molecule has 0 aliphatic heterocycles. The van der Waals surface area contributed by atoms with Crippen LogP contribution in [0.5, 0.6) is 5.75 Å². The Morgan fingerprint density at radius 1 is 1.26 bits per heavy atom. The van der Waals surface area contributed by atoms with Gasteiger partial charge >= 0.3 is 5.97 Å². The molecule has 0 spiro atoms. The summed E-state index contributed by atoms with van der Waals surface area (Å²) < 4.78 is 13.3. The number of esters is 1. The number of benzene rings is 2. The Bertz CT molecular complexity index is 976. The molecule has 6 nitrogen and oxygen atoms in total. The number of nitrogens with zero attached hydrogens (tertiary/aromatic N) is 2. The van der Waals surface area contributed by atoms with Crippen LogP contribution < -0.4 is 4.74 Å². The molecule has 1 heterocycles. The van der Waals surface area contributed by atoms with Crippen molar-refractivity contribution in [2.24, 2.45) is 0 Å². The average molecular weight is 433 g/mol. The van der Waals surface area contributed by atoms with E-state index < -0.39 is 5.60 Å². The Kier molecular flexibility index (Phi) is 5.53. The smallest absolute Gasteiger partial charge is 0.337 e. The van der Waals surface area contributed by atoms with Gasteiger partial charge in [0.2, 0.25) is 0 Å². The topological polar surface area (TPSA) is 73.6 Å². The van der Waals surface area contributed by atoms with Crippen molar-refractivity contribution in [2.75, 3.05) is 13.7 Å². The number of hydrogen-bond donors (Lipinski definition) is 1. The molecule has 3 aromatic rings. The summed E-state index contributed by atoms with van der Waals surface area (Å²) in [5.41, 5.74) is 1.39. The van der Waals surface area contributed by atoms with Gasteiger partial charge in [-0.25, -0.2) is 4.79 Å². The third-order valence-electron chi connectivity index (χ3n) is 3.99. The minimum Gasteiger partial charge on any atom is -0.490 e. The van der Waals surface area contributed by atoms with Crippen molar-refractivity contribution in [3.05, 3.63) is 58.2 Å². The first-order valence-electron chi connectivity index (χ1n) is 8.44. The third kappa shape index (κ3) is 4.67. The van der Waals surface area contributed by atoms with Crippen LogP contribution in [-0.4, -0.2) is 40.2 Å². The molecule has 0 aliphatic carbocycles. The molecule has 0 amide bonds. The molecule has 0 aliphatic rings. The number of aromatic nitrogens is 2. The lowest BCUT2D eigenvalue weighted by Gasteiger charge is -2.19. The minimum atomic E-state index is -0.924. The molecule has 27 heavy (non-hydrogen) atoms. The van der Waals surface area contributed by atoms with E-state index in [2.05, 4.69) is 21.0 Å². The van der Waals surface area contributed by atoms with Gasteiger partial charge in [-0.1, -0.05) is 15.9 Å². The molecule has 0 bridgehead atoms. The molecular weight excluding hydrogens is 412 g/mol. The molecule has 0 fully saturated rings. The summed E-state index contributed by atoms with van der Waals surface area (Å²) in [4.78, 5) is 11.7. The Balaban J connectivity index is 1.91. The van der Waals surface area contributed by atoms with E-state index in [-0.39, 0.29) is 12.6 Å². The predicted octanol–water partition coefficient (Wildman–Crippen LogP) is 3.78. The average Bonchev–Trinajstić information content (AvgIpc) is 3.01. The maximum atomic E-state index is 11.7. The van der Waals surface area contributed by atoms with E-state index in [9.17, 15) is 9.90 Å². The lowest BCUT2D eigenvalue weighted by molar-refractivity contribution is 0.0281. The molecule has 0 saturated heterocycles. The van der Waals surface area contributed by atoms with E-state index in [1.807, 2.05) is 28.9 Å². The Morgan fingerprint density at radius 3 is 2.74 bits per heavy atom. The van der Waals surface area contributed by atoms with Crippen LogP contribution in [0.1, 0.15) is 29.8 Å². The van der Waals surface area contributed by atoms with Crippen LogP contribution in [0.3, 0.4) is 0 Å². The largest absolute Gasteiger partial charge is 0.490 e. The van der Waals surface area contributed by atoms with Gasteiger partial charge in [0.25, 0.3) is 0 Å². The molecule has 7 heteroatoms. The van der Waals surface area contributed by atoms with Gasteiger partial charge < -0.3 is 14.6 Å². The Labute approximate surface area is 165 Å².